The summed E-state index contributed by atoms with van der Waals surface area (Å²) in [6, 6.07) is 2.77. The van der Waals surface area contributed by atoms with Gasteiger partial charge in [0.05, 0.1) is 6.10 Å². The zero-order chi connectivity index (χ0) is 13.7. The number of ether oxygens (including phenoxy) is 1. The van der Waals surface area contributed by atoms with Gasteiger partial charge >= 0.3 is 0 Å². The number of hydrogen-bond acceptors (Lipinski definition) is 3. The molecule has 0 spiro atoms. The van der Waals surface area contributed by atoms with Crippen molar-refractivity contribution >= 4 is 5.91 Å². The van der Waals surface area contributed by atoms with Gasteiger partial charge in [-0.3, -0.25) is 9.59 Å². The molecule has 0 saturated heterocycles. The van der Waals surface area contributed by atoms with Crippen LogP contribution in [-0.4, -0.2) is 42.1 Å². The molecule has 0 aromatic carbocycles. The van der Waals surface area contributed by atoms with Crippen molar-refractivity contribution in [3.8, 4) is 0 Å². The highest BCUT2D eigenvalue weighted by Crippen LogP contribution is 2.02. The first-order valence-corrected chi connectivity index (χ1v) is 6.02. The van der Waals surface area contributed by atoms with E-state index in [1.54, 1.807) is 18.9 Å². The number of rotatable bonds is 5. The summed E-state index contributed by atoms with van der Waals surface area (Å²) < 4.78 is 5.38. The molecule has 1 aromatic rings. The minimum absolute atomic E-state index is 0.0273. The number of aromatic nitrogens is 1. The number of amides is 1. The number of carbonyl (C=O) groups is 1. The fraction of sp³-hybridized carbons (Fsp3) is 0.538. The Morgan fingerprint density at radius 1 is 1.50 bits per heavy atom. The zero-order valence-corrected chi connectivity index (χ0v) is 11.3. The summed E-state index contributed by atoms with van der Waals surface area (Å²) in [6.07, 6.45) is -0.0273. The van der Waals surface area contributed by atoms with E-state index in [0.29, 0.717) is 24.5 Å². The Hall–Kier alpha value is -1.62. The molecule has 1 N–H and O–H groups in total. The van der Waals surface area contributed by atoms with Gasteiger partial charge in [0, 0.05) is 38.0 Å². The Labute approximate surface area is 107 Å². The van der Waals surface area contributed by atoms with E-state index in [4.69, 9.17) is 4.74 Å². The van der Waals surface area contributed by atoms with Crippen molar-refractivity contribution in [3.05, 3.63) is 33.7 Å². The molecule has 0 unspecified atom stereocenters. The predicted molar refractivity (Wildman–Crippen MR) is 69.8 cm³/mol. The van der Waals surface area contributed by atoms with Gasteiger partial charge in [-0.25, -0.2) is 0 Å². The average molecular weight is 252 g/mol. The SMILES string of the molecule is CCO[C@H](C)CN(C)C(=O)c1cc(=O)cc(C)[nH]1. The highest BCUT2D eigenvalue weighted by molar-refractivity contribution is 5.92. The minimum Gasteiger partial charge on any atom is -0.377 e. The monoisotopic (exact) mass is 252 g/mol. The first-order chi connectivity index (χ1) is 8.43. The van der Waals surface area contributed by atoms with E-state index in [9.17, 15) is 9.59 Å². The molecule has 0 aliphatic rings. The van der Waals surface area contributed by atoms with Crippen LogP contribution in [0.15, 0.2) is 16.9 Å². The summed E-state index contributed by atoms with van der Waals surface area (Å²) >= 11 is 0. The Bertz CT molecular complexity index is 468. The minimum atomic E-state index is -0.206. The van der Waals surface area contributed by atoms with E-state index in [-0.39, 0.29) is 17.4 Å². The van der Waals surface area contributed by atoms with Crippen LogP contribution in [0.25, 0.3) is 0 Å². The van der Waals surface area contributed by atoms with Gasteiger partial charge in [-0.15, -0.1) is 0 Å². The molecule has 1 amide bonds. The number of nitrogens with one attached hydrogen (secondary N) is 1. The van der Waals surface area contributed by atoms with Crippen LogP contribution in [0.2, 0.25) is 0 Å². The van der Waals surface area contributed by atoms with E-state index in [1.807, 2.05) is 13.8 Å². The van der Waals surface area contributed by atoms with E-state index < -0.39 is 0 Å². The van der Waals surface area contributed by atoms with Gasteiger partial charge in [0.2, 0.25) is 0 Å². The number of aryl methyl sites for hydroxylation is 1. The number of pyridine rings is 1. The third kappa shape index (κ3) is 4.00. The Balaban J connectivity index is 2.77. The molecule has 5 heteroatoms. The third-order valence-corrected chi connectivity index (χ3v) is 2.54. The maximum atomic E-state index is 12.1. The topological polar surface area (TPSA) is 62.4 Å². The van der Waals surface area contributed by atoms with Crippen LogP contribution in [0, 0.1) is 6.92 Å². The van der Waals surface area contributed by atoms with Crippen molar-refractivity contribution in [3.63, 3.8) is 0 Å². The smallest absolute Gasteiger partial charge is 0.270 e. The van der Waals surface area contributed by atoms with Gasteiger partial charge in [0.15, 0.2) is 5.43 Å². The molecule has 1 heterocycles. The lowest BCUT2D eigenvalue weighted by Gasteiger charge is -2.21. The summed E-state index contributed by atoms with van der Waals surface area (Å²) in [6.45, 7) is 6.68. The van der Waals surface area contributed by atoms with Gasteiger partial charge in [-0.05, 0) is 20.8 Å². The Morgan fingerprint density at radius 3 is 2.72 bits per heavy atom. The van der Waals surface area contributed by atoms with Crippen LogP contribution in [0.5, 0.6) is 0 Å². The highest BCUT2D eigenvalue weighted by atomic mass is 16.5. The molecule has 0 fully saturated rings. The number of likely N-dealkylation sites (N-methyl/N-ethyl adjacent to an activating group) is 1. The normalized spacial score (nSPS) is 12.2. The van der Waals surface area contributed by atoms with Crippen molar-refractivity contribution in [2.45, 2.75) is 26.9 Å². The summed E-state index contributed by atoms with van der Waals surface area (Å²) in [4.78, 5) is 27.9. The quantitative estimate of drug-likeness (QED) is 0.856. The van der Waals surface area contributed by atoms with Crippen LogP contribution in [0.4, 0.5) is 0 Å². The number of H-pyrrole nitrogens is 1. The van der Waals surface area contributed by atoms with Crippen LogP contribution in [-0.2, 0) is 4.74 Å². The fourth-order valence-electron chi connectivity index (χ4n) is 1.81. The van der Waals surface area contributed by atoms with Crippen LogP contribution in [0.3, 0.4) is 0 Å². The van der Waals surface area contributed by atoms with Crippen molar-refractivity contribution in [1.29, 1.82) is 0 Å². The molecule has 100 valence electrons. The molecule has 5 nitrogen and oxygen atoms in total. The summed E-state index contributed by atoms with van der Waals surface area (Å²) in [5, 5.41) is 0. The van der Waals surface area contributed by atoms with Gasteiger partial charge in [-0.1, -0.05) is 0 Å². The van der Waals surface area contributed by atoms with Crippen molar-refractivity contribution in [1.82, 2.24) is 9.88 Å². The fourth-order valence-corrected chi connectivity index (χ4v) is 1.81. The largest absolute Gasteiger partial charge is 0.377 e. The molecule has 1 aromatic heterocycles. The summed E-state index contributed by atoms with van der Waals surface area (Å²) in [5.41, 5.74) is 0.823. The van der Waals surface area contributed by atoms with E-state index in [2.05, 4.69) is 4.98 Å². The number of aromatic amines is 1. The van der Waals surface area contributed by atoms with Crippen LogP contribution < -0.4 is 5.43 Å². The van der Waals surface area contributed by atoms with E-state index in [1.165, 1.54) is 12.1 Å². The maximum Gasteiger partial charge on any atom is 0.270 e. The van der Waals surface area contributed by atoms with Gasteiger partial charge < -0.3 is 14.6 Å². The molecule has 18 heavy (non-hydrogen) atoms. The maximum absolute atomic E-state index is 12.1. The molecule has 0 aliphatic heterocycles. The Kier molecular flexibility index (Phi) is 5.09. The lowest BCUT2D eigenvalue weighted by Crippen LogP contribution is -2.35. The molecule has 1 atom stereocenters. The molecule has 0 bridgehead atoms. The number of carbonyl (C=O) groups excluding carboxylic acids is 1. The highest BCUT2D eigenvalue weighted by Gasteiger charge is 2.15. The molecule has 1 rings (SSSR count). The van der Waals surface area contributed by atoms with E-state index >= 15 is 0 Å². The number of nitrogens with zero attached hydrogens (tertiary/aromatic N) is 1. The molecular formula is C13H20N2O3. The standard InChI is InChI=1S/C13H20N2O3/c1-5-18-10(3)8-15(4)13(17)12-7-11(16)6-9(2)14-12/h6-7,10H,5,8H2,1-4H3,(H,14,16)/t10-/m1/s1. The zero-order valence-electron chi connectivity index (χ0n) is 11.3. The molecule has 0 radical (unpaired) electrons. The van der Waals surface area contributed by atoms with Crippen LogP contribution >= 0.6 is 0 Å². The lowest BCUT2D eigenvalue weighted by atomic mass is 10.2. The van der Waals surface area contributed by atoms with E-state index in [0.717, 1.165) is 0 Å². The second kappa shape index (κ2) is 6.35. The van der Waals surface area contributed by atoms with Gasteiger partial charge in [0.1, 0.15) is 5.69 Å². The second-order valence-corrected chi connectivity index (χ2v) is 4.36. The predicted octanol–water partition coefficient (Wildman–Crippen LogP) is 1.18. The van der Waals surface area contributed by atoms with Crippen molar-refractivity contribution in [2.75, 3.05) is 20.2 Å². The van der Waals surface area contributed by atoms with Gasteiger partial charge in [0.25, 0.3) is 5.91 Å². The number of hydrogen-bond donors (Lipinski definition) is 1. The lowest BCUT2D eigenvalue weighted by molar-refractivity contribution is 0.0433. The second-order valence-electron chi connectivity index (χ2n) is 4.36. The first kappa shape index (κ1) is 14.4. The van der Waals surface area contributed by atoms with Crippen molar-refractivity contribution in [2.24, 2.45) is 0 Å². The molecular weight excluding hydrogens is 232 g/mol. The summed E-state index contributed by atoms with van der Waals surface area (Å²) in [5.74, 6) is -0.206. The van der Waals surface area contributed by atoms with Crippen LogP contribution in [0.1, 0.15) is 30.0 Å². The summed E-state index contributed by atoms with van der Waals surface area (Å²) in [7, 11) is 1.69. The average Bonchev–Trinajstić information content (AvgIpc) is 2.26. The first-order valence-electron chi connectivity index (χ1n) is 6.02. The third-order valence-electron chi connectivity index (χ3n) is 2.54. The van der Waals surface area contributed by atoms with Gasteiger partial charge in [-0.2, -0.15) is 0 Å². The molecule has 0 saturated carbocycles. The Morgan fingerprint density at radius 2 is 2.17 bits per heavy atom. The molecule has 0 aliphatic carbocycles. The van der Waals surface area contributed by atoms with Crippen molar-refractivity contribution < 1.29 is 9.53 Å².